The second kappa shape index (κ2) is 6.17. The molecule has 0 fully saturated rings. The largest absolute Gasteiger partial charge is 0.478 e. The van der Waals surface area contributed by atoms with Crippen LogP contribution in [-0.2, 0) is 9.59 Å². The number of carboxylic acids is 1. The highest BCUT2D eigenvalue weighted by atomic mass is 79.9. The van der Waals surface area contributed by atoms with Crippen molar-refractivity contribution in [2.24, 2.45) is 5.92 Å². The molecule has 0 radical (unpaired) electrons. The molecular formula is C14H13BrFNO3. The van der Waals surface area contributed by atoms with Gasteiger partial charge in [-0.1, -0.05) is 22.0 Å². The predicted octanol–water partition coefficient (Wildman–Crippen LogP) is 3.34. The fraction of sp³-hybridized carbons (Fsp3) is 0.286. The van der Waals surface area contributed by atoms with Gasteiger partial charge in [-0.05, 0) is 37.5 Å². The van der Waals surface area contributed by atoms with Gasteiger partial charge in [0, 0.05) is 10.0 Å². The molecule has 1 atom stereocenters. The first kappa shape index (κ1) is 14.7. The molecule has 4 nitrogen and oxygen atoms in total. The summed E-state index contributed by atoms with van der Waals surface area (Å²) in [5, 5.41) is 11.4. The van der Waals surface area contributed by atoms with Crippen LogP contribution < -0.4 is 5.32 Å². The van der Waals surface area contributed by atoms with Gasteiger partial charge in [-0.15, -0.1) is 0 Å². The molecule has 1 aliphatic carbocycles. The van der Waals surface area contributed by atoms with Crippen LogP contribution in [-0.4, -0.2) is 17.0 Å². The molecule has 106 valence electrons. The van der Waals surface area contributed by atoms with Gasteiger partial charge in [0.1, 0.15) is 5.82 Å². The summed E-state index contributed by atoms with van der Waals surface area (Å²) in [7, 11) is 0. The minimum atomic E-state index is -1.00. The summed E-state index contributed by atoms with van der Waals surface area (Å²) < 4.78 is 14.2. The normalized spacial score (nSPS) is 18.3. The van der Waals surface area contributed by atoms with Gasteiger partial charge in [0.15, 0.2) is 0 Å². The third-order valence-corrected chi connectivity index (χ3v) is 3.66. The smallest absolute Gasteiger partial charge is 0.331 e. The maximum atomic E-state index is 13.6. The summed E-state index contributed by atoms with van der Waals surface area (Å²) >= 11 is 3.14. The Bertz CT molecular complexity index is 586. The number of hydrogen-bond donors (Lipinski definition) is 2. The van der Waals surface area contributed by atoms with E-state index in [0.717, 1.165) is 0 Å². The van der Waals surface area contributed by atoms with Crippen LogP contribution in [0.2, 0.25) is 0 Å². The maximum Gasteiger partial charge on any atom is 0.331 e. The van der Waals surface area contributed by atoms with Crippen LogP contribution >= 0.6 is 15.9 Å². The van der Waals surface area contributed by atoms with Crippen molar-refractivity contribution < 1.29 is 19.1 Å². The number of benzene rings is 1. The highest BCUT2D eigenvalue weighted by Crippen LogP contribution is 2.25. The molecule has 0 aromatic heterocycles. The Labute approximate surface area is 123 Å². The van der Waals surface area contributed by atoms with Gasteiger partial charge in [0.2, 0.25) is 5.91 Å². The van der Waals surface area contributed by atoms with E-state index in [-0.39, 0.29) is 17.2 Å². The zero-order chi connectivity index (χ0) is 14.7. The molecule has 1 unspecified atom stereocenters. The van der Waals surface area contributed by atoms with E-state index in [9.17, 15) is 14.0 Å². The lowest BCUT2D eigenvalue weighted by molar-refractivity contribution is -0.132. The SMILES string of the molecule is O=C(O)C1=CC(C(=O)Nc2ccc(Br)cc2F)CCC1. The number of hydrogen-bond acceptors (Lipinski definition) is 2. The first-order valence-electron chi connectivity index (χ1n) is 6.17. The lowest BCUT2D eigenvalue weighted by Gasteiger charge is -2.19. The lowest BCUT2D eigenvalue weighted by Crippen LogP contribution is -2.25. The fourth-order valence-corrected chi connectivity index (χ4v) is 2.46. The van der Waals surface area contributed by atoms with Crippen LogP contribution in [0.15, 0.2) is 34.3 Å². The van der Waals surface area contributed by atoms with E-state index in [1.807, 2.05) is 0 Å². The second-order valence-corrected chi connectivity index (χ2v) is 5.52. The highest BCUT2D eigenvalue weighted by molar-refractivity contribution is 9.10. The zero-order valence-electron chi connectivity index (χ0n) is 10.5. The van der Waals surface area contributed by atoms with Crippen molar-refractivity contribution in [3.8, 4) is 0 Å². The van der Waals surface area contributed by atoms with E-state index >= 15 is 0 Å². The molecule has 6 heteroatoms. The summed E-state index contributed by atoms with van der Waals surface area (Å²) in [4.78, 5) is 23.0. The first-order valence-corrected chi connectivity index (χ1v) is 6.96. The summed E-state index contributed by atoms with van der Waals surface area (Å²) in [6, 6.07) is 4.34. The van der Waals surface area contributed by atoms with Crippen LogP contribution in [0.4, 0.5) is 10.1 Å². The second-order valence-electron chi connectivity index (χ2n) is 4.61. The van der Waals surface area contributed by atoms with Gasteiger partial charge in [0.25, 0.3) is 0 Å². The monoisotopic (exact) mass is 341 g/mol. The Morgan fingerprint density at radius 1 is 1.40 bits per heavy atom. The number of carbonyl (C=O) groups is 2. The van der Waals surface area contributed by atoms with Crippen molar-refractivity contribution in [2.45, 2.75) is 19.3 Å². The summed E-state index contributed by atoms with van der Waals surface area (Å²) in [5.74, 6) is -2.45. The van der Waals surface area contributed by atoms with E-state index in [1.165, 1.54) is 18.2 Å². The average molecular weight is 342 g/mol. The molecule has 2 rings (SSSR count). The maximum absolute atomic E-state index is 13.6. The van der Waals surface area contributed by atoms with E-state index < -0.39 is 17.7 Å². The molecule has 1 aromatic rings. The third-order valence-electron chi connectivity index (χ3n) is 3.16. The molecule has 0 bridgehead atoms. The van der Waals surface area contributed by atoms with Crippen LogP contribution in [0.1, 0.15) is 19.3 Å². The lowest BCUT2D eigenvalue weighted by atomic mass is 9.90. The first-order chi connectivity index (χ1) is 9.47. The highest BCUT2D eigenvalue weighted by Gasteiger charge is 2.23. The number of nitrogens with one attached hydrogen (secondary N) is 1. The minimum absolute atomic E-state index is 0.0917. The van der Waals surface area contributed by atoms with Crippen molar-refractivity contribution in [2.75, 3.05) is 5.32 Å². The fourth-order valence-electron chi connectivity index (χ4n) is 2.12. The van der Waals surface area contributed by atoms with Crippen molar-refractivity contribution >= 4 is 33.5 Å². The van der Waals surface area contributed by atoms with E-state index in [2.05, 4.69) is 21.2 Å². The van der Waals surface area contributed by atoms with Crippen LogP contribution in [0.3, 0.4) is 0 Å². The van der Waals surface area contributed by atoms with E-state index in [1.54, 1.807) is 6.07 Å². The Morgan fingerprint density at radius 2 is 2.15 bits per heavy atom. The van der Waals surface area contributed by atoms with Gasteiger partial charge < -0.3 is 10.4 Å². The van der Waals surface area contributed by atoms with Crippen molar-refractivity contribution in [3.63, 3.8) is 0 Å². The molecule has 0 spiro atoms. The number of aliphatic carboxylic acids is 1. The van der Waals surface area contributed by atoms with Gasteiger partial charge >= 0.3 is 5.97 Å². The molecule has 0 saturated heterocycles. The van der Waals surface area contributed by atoms with Crippen molar-refractivity contribution in [1.29, 1.82) is 0 Å². The topological polar surface area (TPSA) is 66.4 Å². The van der Waals surface area contributed by atoms with Crippen LogP contribution in [0.5, 0.6) is 0 Å². The van der Waals surface area contributed by atoms with E-state index in [0.29, 0.717) is 23.7 Å². The molecule has 1 aliphatic rings. The van der Waals surface area contributed by atoms with E-state index in [4.69, 9.17) is 5.11 Å². The van der Waals surface area contributed by atoms with Gasteiger partial charge in [-0.3, -0.25) is 4.79 Å². The molecular weight excluding hydrogens is 329 g/mol. The van der Waals surface area contributed by atoms with Crippen LogP contribution in [0.25, 0.3) is 0 Å². The molecule has 1 aromatic carbocycles. The number of rotatable bonds is 3. The Morgan fingerprint density at radius 3 is 2.80 bits per heavy atom. The molecule has 20 heavy (non-hydrogen) atoms. The quantitative estimate of drug-likeness (QED) is 0.885. The molecule has 1 amide bonds. The molecule has 0 aliphatic heterocycles. The Hall–Kier alpha value is -1.69. The van der Waals surface area contributed by atoms with Gasteiger partial charge in [-0.25, -0.2) is 9.18 Å². The summed E-state index contributed by atoms with van der Waals surface area (Å²) in [6.07, 6.45) is 3.13. The number of anilines is 1. The molecule has 2 N–H and O–H groups in total. The summed E-state index contributed by atoms with van der Waals surface area (Å²) in [6.45, 7) is 0. The number of carbonyl (C=O) groups excluding carboxylic acids is 1. The summed E-state index contributed by atoms with van der Waals surface area (Å²) in [5.41, 5.74) is 0.335. The Kier molecular flexibility index (Phi) is 4.54. The molecule has 0 heterocycles. The number of carboxylic acid groups (broad SMARTS) is 1. The Balaban J connectivity index is 2.12. The predicted molar refractivity (Wildman–Crippen MR) is 75.8 cm³/mol. The number of halogens is 2. The van der Waals surface area contributed by atoms with Crippen molar-refractivity contribution in [3.05, 3.63) is 40.1 Å². The molecule has 0 saturated carbocycles. The van der Waals surface area contributed by atoms with Crippen LogP contribution in [0, 0.1) is 11.7 Å². The minimum Gasteiger partial charge on any atom is -0.478 e. The zero-order valence-corrected chi connectivity index (χ0v) is 12.1. The third kappa shape index (κ3) is 3.45. The van der Waals surface area contributed by atoms with Gasteiger partial charge in [-0.2, -0.15) is 0 Å². The average Bonchev–Trinajstić information content (AvgIpc) is 2.42. The standard InChI is InChI=1S/C14H13BrFNO3/c15-10-4-5-12(11(16)7-10)17-13(18)8-2-1-3-9(6-8)14(19)20/h4-8H,1-3H2,(H,17,18)(H,19,20). The van der Waals surface area contributed by atoms with Crippen molar-refractivity contribution in [1.82, 2.24) is 0 Å². The van der Waals surface area contributed by atoms with Gasteiger partial charge in [0.05, 0.1) is 11.6 Å². The number of amides is 1.